The molecule has 0 aliphatic carbocycles. The third-order valence-corrected chi connectivity index (χ3v) is 2.77. The molecule has 0 saturated carbocycles. The van der Waals surface area contributed by atoms with Crippen molar-refractivity contribution < 1.29 is 5.21 Å². The summed E-state index contributed by atoms with van der Waals surface area (Å²) in [5.41, 5.74) is 6.12. The minimum atomic E-state index is 0.190. The minimum absolute atomic E-state index is 0.190. The Morgan fingerprint density at radius 2 is 2.30 bits per heavy atom. The van der Waals surface area contributed by atoms with Gasteiger partial charge in [0.2, 0.25) is 0 Å². The summed E-state index contributed by atoms with van der Waals surface area (Å²) in [4.78, 5) is 6.21. The summed E-state index contributed by atoms with van der Waals surface area (Å²) in [5, 5.41) is 23.1. The quantitative estimate of drug-likeness (QED) is 0.333. The lowest BCUT2D eigenvalue weighted by atomic mass is 10.2. The predicted octanol–water partition coefficient (Wildman–Crippen LogP) is 0.118. The number of hydrogen-bond donors (Lipinski definition) is 2. The van der Waals surface area contributed by atoms with Crippen molar-refractivity contribution in [2.24, 2.45) is 16.8 Å². The zero-order valence-electron chi connectivity index (χ0n) is 11.5. The molecule has 0 bridgehead atoms. The number of oxime groups is 1. The molecule has 20 heavy (non-hydrogen) atoms. The van der Waals surface area contributed by atoms with Crippen molar-refractivity contribution in [1.29, 1.82) is 0 Å². The van der Waals surface area contributed by atoms with Crippen molar-refractivity contribution in [3.05, 3.63) is 12.4 Å². The number of tetrazole rings is 1. The molecular formula is C11H18N8O. The molecule has 0 unspecified atom stereocenters. The molecule has 0 aliphatic heterocycles. The highest BCUT2D eigenvalue weighted by Crippen LogP contribution is 2.15. The van der Waals surface area contributed by atoms with E-state index in [4.69, 9.17) is 10.9 Å². The molecule has 0 amide bonds. The van der Waals surface area contributed by atoms with E-state index in [0.717, 1.165) is 12.4 Å². The van der Waals surface area contributed by atoms with Crippen molar-refractivity contribution in [3.63, 3.8) is 0 Å². The first kappa shape index (κ1) is 14.0. The van der Waals surface area contributed by atoms with Gasteiger partial charge in [0.25, 0.3) is 0 Å². The number of fused-ring (bicyclic) bond motifs is 1. The fraction of sp³-hybridized carbons (Fsp3) is 0.545. The molecule has 2 aromatic rings. The average Bonchev–Trinajstić information content (AvgIpc) is 2.90. The lowest BCUT2D eigenvalue weighted by Crippen LogP contribution is -2.33. The van der Waals surface area contributed by atoms with E-state index < -0.39 is 0 Å². The smallest absolute Gasteiger partial charge is 0.199 e. The maximum atomic E-state index is 8.63. The number of nitrogens with zero attached hydrogens (tertiary/aromatic N) is 7. The van der Waals surface area contributed by atoms with Gasteiger partial charge in [0, 0.05) is 19.5 Å². The van der Waals surface area contributed by atoms with Crippen LogP contribution in [-0.2, 0) is 0 Å². The van der Waals surface area contributed by atoms with E-state index in [1.165, 1.54) is 0 Å². The van der Waals surface area contributed by atoms with E-state index in [1.54, 1.807) is 16.9 Å². The van der Waals surface area contributed by atoms with Crippen LogP contribution in [0, 0.1) is 5.92 Å². The van der Waals surface area contributed by atoms with Gasteiger partial charge in [-0.15, -0.1) is 5.10 Å². The van der Waals surface area contributed by atoms with Gasteiger partial charge in [-0.3, -0.25) is 4.98 Å². The fourth-order valence-electron chi connectivity index (χ4n) is 1.92. The van der Waals surface area contributed by atoms with E-state index in [1.807, 2.05) is 0 Å². The second kappa shape index (κ2) is 6.13. The average molecular weight is 278 g/mol. The first-order chi connectivity index (χ1) is 9.61. The lowest BCUT2D eigenvalue weighted by Gasteiger charge is -2.25. The minimum Gasteiger partial charge on any atom is -0.409 e. The van der Waals surface area contributed by atoms with Crippen molar-refractivity contribution in [3.8, 4) is 0 Å². The van der Waals surface area contributed by atoms with E-state index in [9.17, 15) is 0 Å². The Kier molecular flexibility index (Phi) is 4.28. The third-order valence-electron chi connectivity index (χ3n) is 2.77. The topological polar surface area (TPSA) is 118 Å². The molecule has 3 N–H and O–H groups in total. The van der Waals surface area contributed by atoms with Crippen LogP contribution < -0.4 is 10.6 Å². The van der Waals surface area contributed by atoms with Crippen molar-refractivity contribution in [2.45, 2.75) is 20.3 Å². The number of hydrogen-bond acceptors (Lipinski definition) is 7. The molecule has 0 spiro atoms. The standard InChI is InChI=1S/C11H18N8O/c1-8(2)7-18(4-3-9(12)15-20)11-6-13-5-10-14-16-17-19(10)11/h5-6,8,20H,3-4,7H2,1-2H3,(H2,12,15). The summed E-state index contributed by atoms with van der Waals surface area (Å²) in [7, 11) is 0. The Bertz CT molecular complexity index is 593. The Balaban J connectivity index is 2.27. The molecule has 0 aromatic carbocycles. The number of anilines is 1. The first-order valence-electron chi connectivity index (χ1n) is 6.35. The van der Waals surface area contributed by atoms with Gasteiger partial charge in [-0.05, 0) is 16.3 Å². The summed E-state index contributed by atoms with van der Waals surface area (Å²) in [6.45, 7) is 5.61. The number of rotatable bonds is 6. The Morgan fingerprint density at radius 3 is 3.00 bits per heavy atom. The second-order valence-corrected chi connectivity index (χ2v) is 4.90. The summed E-state index contributed by atoms with van der Waals surface area (Å²) < 4.78 is 1.63. The molecule has 0 radical (unpaired) electrons. The van der Waals surface area contributed by atoms with Gasteiger partial charge in [0.15, 0.2) is 11.5 Å². The summed E-state index contributed by atoms with van der Waals surface area (Å²) in [5.74, 6) is 1.41. The Morgan fingerprint density at radius 1 is 1.50 bits per heavy atom. The SMILES string of the molecule is CC(C)CN(CCC(N)=NO)c1cncc2nnnn12. The van der Waals surface area contributed by atoms with Gasteiger partial charge >= 0.3 is 0 Å². The van der Waals surface area contributed by atoms with Crippen LogP contribution in [0.1, 0.15) is 20.3 Å². The molecule has 2 aromatic heterocycles. The number of aromatic nitrogens is 5. The highest BCUT2D eigenvalue weighted by Gasteiger charge is 2.14. The van der Waals surface area contributed by atoms with Crippen LogP contribution >= 0.6 is 0 Å². The molecule has 0 saturated heterocycles. The van der Waals surface area contributed by atoms with Crippen molar-refractivity contribution in [1.82, 2.24) is 25.0 Å². The van der Waals surface area contributed by atoms with Crippen LogP contribution in [0.2, 0.25) is 0 Å². The molecule has 9 nitrogen and oxygen atoms in total. The van der Waals surface area contributed by atoms with Crippen LogP contribution in [0.5, 0.6) is 0 Å². The van der Waals surface area contributed by atoms with Crippen molar-refractivity contribution in [2.75, 3.05) is 18.0 Å². The van der Waals surface area contributed by atoms with Gasteiger partial charge in [-0.1, -0.05) is 19.0 Å². The van der Waals surface area contributed by atoms with E-state index in [-0.39, 0.29) is 5.84 Å². The van der Waals surface area contributed by atoms with Gasteiger partial charge in [-0.25, -0.2) is 0 Å². The maximum Gasteiger partial charge on any atom is 0.199 e. The normalized spacial score (nSPS) is 12.2. The Hall–Kier alpha value is -2.45. The third kappa shape index (κ3) is 3.11. The van der Waals surface area contributed by atoms with Gasteiger partial charge < -0.3 is 15.8 Å². The van der Waals surface area contributed by atoms with Crippen LogP contribution in [0.4, 0.5) is 5.82 Å². The second-order valence-electron chi connectivity index (χ2n) is 4.90. The van der Waals surface area contributed by atoms with Crippen LogP contribution in [-0.4, -0.2) is 49.2 Å². The van der Waals surface area contributed by atoms with Crippen LogP contribution in [0.25, 0.3) is 5.65 Å². The van der Waals surface area contributed by atoms with E-state index in [2.05, 4.69) is 44.4 Å². The highest BCUT2D eigenvalue weighted by atomic mass is 16.4. The van der Waals surface area contributed by atoms with Crippen LogP contribution in [0.15, 0.2) is 17.5 Å². The van der Waals surface area contributed by atoms with E-state index in [0.29, 0.717) is 24.5 Å². The van der Waals surface area contributed by atoms with Gasteiger partial charge in [-0.2, -0.15) is 4.52 Å². The molecule has 0 atom stereocenters. The largest absolute Gasteiger partial charge is 0.409 e. The molecule has 2 rings (SSSR count). The van der Waals surface area contributed by atoms with E-state index >= 15 is 0 Å². The highest BCUT2D eigenvalue weighted by molar-refractivity contribution is 5.80. The maximum absolute atomic E-state index is 8.63. The lowest BCUT2D eigenvalue weighted by molar-refractivity contribution is 0.317. The van der Waals surface area contributed by atoms with Gasteiger partial charge in [0.05, 0.1) is 12.4 Å². The number of amidine groups is 1. The number of nitrogens with two attached hydrogens (primary N) is 1. The fourth-order valence-corrected chi connectivity index (χ4v) is 1.92. The molecule has 2 heterocycles. The molecule has 0 aliphatic rings. The summed E-state index contributed by atoms with van der Waals surface area (Å²) in [6, 6.07) is 0. The summed E-state index contributed by atoms with van der Waals surface area (Å²) in [6.07, 6.45) is 3.75. The van der Waals surface area contributed by atoms with Crippen molar-refractivity contribution >= 4 is 17.3 Å². The predicted molar refractivity (Wildman–Crippen MR) is 73.7 cm³/mol. The zero-order valence-corrected chi connectivity index (χ0v) is 11.5. The van der Waals surface area contributed by atoms with Gasteiger partial charge in [0.1, 0.15) is 5.84 Å². The monoisotopic (exact) mass is 278 g/mol. The molecule has 108 valence electrons. The first-order valence-corrected chi connectivity index (χ1v) is 6.35. The zero-order chi connectivity index (χ0) is 14.5. The molecule has 9 heteroatoms. The van der Waals surface area contributed by atoms with Crippen LogP contribution in [0.3, 0.4) is 0 Å². The summed E-state index contributed by atoms with van der Waals surface area (Å²) >= 11 is 0. The molecular weight excluding hydrogens is 260 g/mol. The Labute approximate surface area is 116 Å². The molecule has 0 fully saturated rings.